The maximum Gasteiger partial charge on any atom is 0.303 e. The average molecular weight is 544 g/mol. The molecule has 38 heavy (non-hydrogen) atoms. The van der Waals surface area contributed by atoms with E-state index in [1.165, 1.54) is 23.8 Å². The molecule has 1 N–H and O–H groups in total. The number of hydrogen-bond acceptors (Lipinski definition) is 6. The van der Waals surface area contributed by atoms with Gasteiger partial charge in [0.15, 0.2) is 6.10 Å². The highest BCUT2D eigenvalue weighted by molar-refractivity contribution is 7.09. The van der Waals surface area contributed by atoms with E-state index in [0.717, 1.165) is 25.7 Å². The van der Waals surface area contributed by atoms with Crippen molar-refractivity contribution in [3.63, 3.8) is 0 Å². The number of rotatable bonds is 15. The van der Waals surface area contributed by atoms with Gasteiger partial charge in [0, 0.05) is 44.3 Å². The van der Waals surface area contributed by atoms with Crippen molar-refractivity contribution < 1.29 is 19.1 Å². The second-order valence-corrected chi connectivity index (χ2v) is 11.7. The predicted molar refractivity (Wildman–Crippen MR) is 153 cm³/mol. The Morgan fingerprint density at radius 2 is 1.76 bits per heavy atom. The van der Waals surface area contributed by atoms with E-state index in [1.807, 2.05) is 25.2 Å². The van der Waals surface area contributed by atoms with Crippen molar-refractivity contribution in [1.82, 2.24) is 15.2 Å². The summed E-state index contributed by atoms with van der Waals surface area (Å²) < 4.78 is 5.67. The quantitative estimate of drug-likeness (QED) is 0.270. The lowest BCUT2D eigenvalue weighted by Gasteiger charge is -2.33. The number of carbonyl (C=O) groups is 3. The zero-order valence-electron chi connectivity index (χ0n) is 24.0. The number of ether oxygens (including phenoxy) is 1. The molecule has 0 aliphatic rings. The largest absolute Gasteiger partial charge is 0.455 e. The van der Waals surface area contributed by atoms with Crippen molar-refractivity contribution in [2.75, 3.05) is 7.05 Å². The summed E-state index contributed by atoms with van der Waals surface area (Å²) in [5, 5.41) is 5.45. The van der Waals surface area contributed by atoms with Crippen LogP contribution >= 0.6 is 11.3 Å². The van der Waals surface area contributed by atoms with Crippen LogP contribution in [0.5, 0.6) is 0 Å². The van der Waals surface area contributed by atoms with Gasteiger partial charge in [-0.15, -0.1) is 11.3 Å². The third-order valence-electron chi connectivity index (χ3n) is 6.61. The number of unbranched alkanes of at least 4 members (excludes halogenated alkanes) is 1. The highest BCUT2D eigenvalue weighted by atomic mass is 32.1. The van der Waals surface area contributed by atoms with Crippen LogP contribution in [0, 0.1) is 11.8 Å². The molecule has 7 nitrogen and oxygen atoms in total. The van der Waals surface area contributed by atoms with Gasteiger partial charge in [0.2, 0.25) is 5.91 Å². The van der Waals surface area contributed by atoms with E-state index in [4.69, 9.17) is 4.74 Å². The summed E-state index contributed by atoms with van der Waals surface area (Å²) in [5.74, 6) is 0.0110. The van der Waals surface area contributed by atoms with Crippen molar-refractivity contribution in [3.8, 4) is 0 Å². The molecule has 0 fully saturated rings. The van der Waals surface area contributed by atoms with Crippen LogP contribution in [0.4, 0.5) is 0 Å². The topological polar surface area (TPSA) is 88.6 Å². The Morgan fingerprint density at radius 3 is 2.34 bits per heavy atom. The molecule has 1 aromatic heterocycles. The van der Waals surface area contributed by atoms with Gasteiger partial charge in [0.1, 0.15) is 10.7 Å². The fourth-order valence-corrected chi connectivity index (χ4v) is 5.49. The molecule has 2 amide bonds. The lowest BCUT2D eigenvalue weighted by Crippen LogP contribution is -2.41. The number of esters is 1. The van der Waals surface area contributed by atoms with Gasteiger partial charge >= 0.3 is 5.97 Å². The molecule has 2 rings (SSSR count). The van der Waals surface area contributed by atoms with Gasteiger partial charge in [0.25, 0.3) is 5.91 Å². The summed E-state index contributed by atoms with van der Waals surface area (Å²) in [6.45, 7) is 11.8. The molecule has 0 aliphatic carbocycles. The third-order valence-corrected chi connectivity index (χ3v) is 7.55. The third kappa shape index (κ3) is 10.2. The van der Waals surface area contributed by atoms with E-state index in [-0.39, 0.29) is 29.8 Å². The summed E-state index contributed by atoms with van der Waals surface area (Å²) >= 11 is 1.31. The van der Waals surface area contributed by atoms with E-state index < -0.39 is 12.1 Å². The highest BCUT2D eigenvalue weighted by Gasteiger charge is 2.30. The zero-order valence-corrected chi connectivity index (χ0v) is 24.8. The van der Waals surface area contributed by atoms with Gasteiger partial charge in [-0.2, -0.15) is 0 Å². The van der Waals surface area contributed by atoms with E-state index in [1.54, 1.807) is 10.3 Å². The van der Waals surface area contributed by atoms with Crippen LogP contribution in [0.25, 0.3) is 0 Å². The van der Waals surface area contributed by atoms with Crippen molar-refractivity contribution in [2.24, 2.45) is 11.8 Å². The van der Waals surface area contributed by atoms with Gasteiger partial charge in [-0.1, -0.05) is 71.4 Å². The first kappa shape index (κ1) is 31.5. The number of nitrogens with one attached hydrogen (secondary N) is 1. The fourth-order valence-electron chi connectivity index (χ4n) is 4.65. The molecule has 1 heterocycles. The van der Waals surface area contributed by atoms with Crippen molar-refractivity contribution >= 4 is 29.1 Å². The van der Waals surface area contributed by atoms with Crippen LogP contribution < -0.4 is 5.32 Å². The van der Waals surface area contributed by atoms with Gasteiger partial charge in [0.05, 0.1) is 0 Å². The Bertz CT molecular complexity index is 1020. The molecular formula is C30H45N3O4S. The average Bonchev–Trinajstić information content (AvgIpc) is 3.35. The normalized spacial score (nSPS) is 13.7. The molecule has 0 spiro atoms. The first-order valence-electron chi connectivity index (χ1n) is 13.7. The van der Waals surface area contributed by atoms with E-state index in [0.29, 0.717) is 29.5 Å². The molecule has 1 aromatic carbocycles. The van der Waals surface area contributed by atoms with Gasteiger partial charge in [-0.25, -0.2) is 4.98 Å². The monoisotopic (exact) mass is 543 g/mol. The molecule has 0 saturated carbocycles. The SMILES string of the molecule is CCCCC(=O)N(C)C(CC(OC(C)=O)c1nc(C(=O)NC(Cc2ccccc2)CC(C)C)cs1)C(C)C. The number of carbonyl (C=O) groups excluding carboxylic acids is 3. The van der Waals surface area contributed by atoms with Gasteiger partial charge in [-0.3, -0.25) is 14.4 Å². The van der Waals surface area contributed by atoms with Crippen LogP contribution in [0.15, 0.2) is 35.7 Å². The summed E-state index contributed by atoms with van der Waals surface area (Å²) in [6.07, 6.45) is 3.67. The van der Waals surface area contributed by atoms with Crippen LogP contribution in [0.1, 0.15) is 101 Å². The zero-order chi connectivity index (χ0) is 28.2. The number of hydrogen-bond donors (Lipinski definition) is 1. The smallest absolute Gasteiger partial charge is 0.303 e. The van der Waals surface area contributed by atoms with Crippen molar-refractivity contribution in [2.45, 2.75) is 98.3 Å². The first-order chi connectivity index (χ1) is 18.0. The minimum absolute atomic E-state index is 0.0209. The Hall–Kier alpha value is -2.74. The summed E-state index contributed by atoms with van der Waals surface area (Å²) in [5.41, 5.74) is 1.49. The standard InChI is InChI=1S/C30H45N3O4S/c1-8-9-15-28(35)33(7)26(21(4)5)18-27(37-22(6)34)30-32-25(19-38-30)29(36)31-24(16-20(2)3)17-23-13-11-10-12-14-23/h10-14,19-21,24,26-27H,8-9,15-18H2,1-7H3,(H,31,36). The minimum atomic E-state index is -0.636. The Balaban J connectivity index is 2.19. The maximum atomic E-state index is 13.2. The van der Waals surface area contributed by atoms with Gasteiger partial charge < -0.3 is 15.0 Å². The Kier molecular flexibility index (Phi) is 12.9. The van der Waals surface area contributed by atoms with E-state index in [9.17, 15) is 14.4 Å². The second kappa shape index (κ2) is 15.6. The number of amides is 2. The van der Waals surface area contributed by atoms with Crippen LogP contribution in [-0.2, 0) is 20.7 Å². The van der Waals surface area contributed by atoms with E-state index in [2.05, 4.69) is 57.1 Å². The maximum absolute atomic E-state index is 13.2. The lowest BCUT2D eigenvalue weighted by molar-refractivity contribution is -0.148. The molecule has 0 aliphatic heterocycles. The van der Waals surface area contributed by atoms with Gasteiger partial charge in [-0.05, 0) is 36.7 Å². The van der Waals surface area contributed by atoms with E-state index >= 15 is 0 Å². The molecule has 3 unspecified atom stereocenters. The number of benzene rings is 1. The highest BCUT2D eigenvalue weighted by Crippen LogP contribution is 2.30. The lowest BCUT2D eigenvalue weighted by atomic mass is 9.96. The van der Waals surface area contributed by atoms with Crippen LogP contribution in [0.3, 0.4) is 0 Å². The number of nitrogens with zero attached hydrogens (tertiary/aromatic N) is 2. The fraction of sp³-hybridized carbons (Fsp3) is 0.600. The number of aromatic nitrogens is 1. The minimum Gasteiger partial charge on any atom is -0.455 e. The van der Waals surface area contributed by atoms with Crippen molar-refractivity contribution in [1.29, 1.82) is 0 Å². The molecule has 3 atom stereocenters. The molecular weight excluding hydrogens is 498 g/mol. The van der Waals surface area contributed by atoms with Crippen LogP contribution in [0.2, 0.25) is 0 Å². The molecule has 8 heteroatoms. The Morgan fingerprint density at radius 1 is 1.08 bits per heavy atom. The summed E-state index contributed by atoms with van der Waals surface area (Å²) in [6, 6.07) is 9.98. The molecule has 0 saturated heterocycles. The summed E-state index contributed by atoms with van der Waals surface area (Å²) in [7, 11) is 1.82. The second-order valence-electron chi connectivity index (χ2n) is 10.8. The van der Waals surface area contributed by atoms with Crippen molar-refractivity contribution in [3.05, 3.63) is 52.0 Å². The Labute approximate surface area is 232 Å². The number of thiazole rings is 1. The first-order valence-corrected chi connectivity index (χ1v) is 14.6. The molecule has 0 bridgehead atoms. The molecule has 0 radical (unpaired) electrons. The predicted octanol–water partition coefficient (Wildman–Crippen LogP) is 6.20. The van der Waals surface area contributed by atoms with Crippen LogP contribution in [-0.4, -0.2) is 46.8 Å². The molecule has 2 aromatic rings. The molecule has 210 valence electrons. The summed E-state index contributed by atoms with van der Waals surface area (Å²) in [4.78, 5) is 44.3.